The number of aromatic nitrogens is 1. The molecule has 1 saturated carbocycles. The maximum absolute atomic E-state index is 12.2. The second kappa shape index (κ2) is 10.0. The Morgan fingerprint density at radius 1 is 1.19 bits per heavy atom. The van der Waals surface area contributed by atoms with Gasteiger partial charge in [0.2, 0.25) is 0 Å². The van der Waals surface area contributed by atoms with Crippen molar-refractivity contribution < 1.29 is 28.5 Å². The van der Waals surface area contributed by atoms with Crippen molar-refractivity contribution in [1.82, 2.24) is 10.3 Å². The number of pyridine rings is 1. The van der Waals surface area contributed by atoms with E-state index in [1.807, 2.05) is 13.8 Å². The zero-order valence-corrected chi connectivity index (χ0v) is 21.1. The van der Waals surface area contributed by atoms with Crippen molar-refractivity contribution in [2.75, 3.05) is 18.5 Å². The minimum atomic E-state index is -0.683. The standard InChI is InChI=1S/C26H27ClN4O6/c1-26(2)35-13-16(37-26)12-34-23-11-21-17(10-18(23)24(28)32)22(7-8-29-21)36-15-5-6-20(19(27)9-15)31-25(33)30-14-3-4-14/h5-11,14,16H,3-4,12-13H2,1-2H3,(H2,28,32)(H2,30,31,33)/t16-/m0/s1. The van der Waals surface area contributed by atoms with Crippen LogP contribution in [0.2, 0.25) is 5.02 Å². The third-order valence-electron chi connectivity index (χ3n) is 5.89. The number of rotatable bonds is 8. The molecule has 194 valence electrons. The van der Waals surface area contributed by atoms with Crippen molar-refractivity contribution in [3.63, 3.8) is 0 Å². The Kier molecular flexibility index (Phi) is 6.80. The number of carbonyl (C=O) groups excluding carboxylic acids is 2. The number of nitrogens with two attached hydrogens (primary N) is 1. The van der Waals surface area contributed by atoms with E-state index in [1.54, 1.807) is 42.6 Å². The predicted molar refractivity (Wildman–Crippen MR) is 137 cm³/mol. The van der Waals surface area contributed by atoms with Gasteiger partial charge in [0, 0.05) is 29.8 Å². The van der Waals surface area contributed by atoms with E-state index in [9.17, 15) is 9.59 Å². The van der Waals surface area contributed by atoms with Crippen LogP contribution in [0, 0.1) is 0 Å². The SMILES string of the molecule is CC1(C)OC[C@H](COc2cc3nccc(Oc4ccc(NC(=O)NC5CC5)c(Cl)c4)c3cc2C(N)=O)O1. The minimum absolute atomic E-state index is 0.183. The molecule has 0 unspecified atom stereocenters. The summed E-state index contributed by atoms with van der Waals surface area (Å²) in [6.45, 7) is 4.21. The molecule has 10 nitrogen and oxygen atoms in total. The summed E-state index contributed by atoms with van der Waals surface area (Å²) in [7, 11) is 0. The number of primary amides is 1. The van der Waals surface area contributed by atoms with Gasteiger partial charge in [0.15, 0.2) is 5.79 Å². The Hall–Kier alpha value is -3.60. The van der Waals surface area contributed by atoms with Crippen LogP contribution in [-0.2, 0) is 9.47 Å². The zero-order valence-electron chi connectivity index (χ0n) is 20.4. The van der Waals surface area contributed by atoms with Gasteiger partial charge in [0.25, 0.3) is 5.91 Å². The average molecular weight is 527 g/mol. The molecule has 2 heterocycles. The number of hydrogen-bond acceptors (Lipinski definition) is 7. The number of amides is 3. The van der Waals surface area contributed by atoms with Crippen molar-refractivity contribution in [2.45, 2.75) is 44.6 Å². The summed E-state index contributed by atoms with van der Waals surface area (Å²) >= 11 is 6.37. The molecule has 4 N–H and O–H groups in total. The number of benzene rings is 2. The van der Waals surface area contributed by atoms with Gasteiger partial charge in [-0.2, -0.15) is 0 Å². The van der Waals surface area contributed by atoms with Crippen LogP contribution in [0.4, 0.5) is 10.5 Å². The van der Waals surface area contributed by atoms with Gasteiger partial charge in [0.1, 0.15) is 30.0 Å². The van der Waals surface area contributed by atoms with Crippen LogP contribution in [0.3, 0.4) is 0 Å². The number of nitrogens with zero attached hydrogens (tertiary/aromatic N) is 1. The lowest BCUT2D eigenvalue weighted by Crippen LogP contribution is -2.30. The van der Waals surface area contributed by atoms with E-state index in [0.717, 1.165) is 12.8 Å². The van der Waals surface area contributed by atoms with Crippen LogP contribution < -0.4 is 25.8 Å². The summed E-state index contributed by atoms with van der Waals surface area (Å²) in [5.41, 5.74) is 6.84. The van der Waals surface area contributed by atoms with Crippen LogP contribution in [0.5, 0.6) is 17.2 Å². The number of nitrogens with one attached hydrogen (secondary N) is 2. The predicted octanol–water partition coefficient (Wildman–Crippen LogP) is 4.59. The molecule has 3 aromatic rings. The van der Waals surface area contributed by atoms with Gasteiger partial charge in [-0.05, 0) is 51.0 Å². The number of urea groups is 1. The fourth-order valence-electron chi connectivity index (χ4n) is 3.94. The lowest BCUT2D eigenvalue weighted by molar-refractivity contribution is -0.141. The molecule has 5 rings (SSSR count). The Labute approximate surface area is 218 Å². The summed E-state index contributed by atoms with van der Waals surface area (Å²) < 4.78 is 23.3. The quantitative estimate of drug-likeness (QED) is 0.390. The molecule has 1 aliphatic carbocycles. The Balaban J connectivity index is 1.35. The van der Waals surface area contributed by atoms with Crippen molar-refractivity contribution in [1.29, 1.82) is 0 Å². The fraction of sp³-hybridized carbons (Fsp3) is 0.346. The van der Waals surface area contributed by atoms with Crippen molar-refractivity contribution in [3.05, 3.63) is 53.2 Å². The van der Waals surface area contributed by atoms with Crippen molar-refractivity contribution in [2.24, 2.45) is 5.73 Å². The molecular formula is C26H27ClN4O6. The summed E-state index contributed by atoms with van der Waals surface area (Å²) in [5.74, 6) is -0.165. The number of ether oxygens (including phenoxy) is 4. The summed E-state index contributed by atoms with van der Waals surface area (Å²) in [6, 6.07) is 9.76. The lowest BCUT2D eigenvalue weighted by Gasteiger charge is -2.18. The highest BCUT2D eigenvalue weighted by Crippen LogP contribution is 2.35. The highest BCUT2D eigenvalue weighted by atomic mass is 35.5. The molecule has 0 radical (unpaired) electrons. The zero-order chi connectivity index (χ0) is 26.2. The molecule has 0 bridgehead atoms. The average Bonchev–Trinajstić information content (AvgIpc) is 3.58. The van der Waals surface area contributed by atoms with Crippen LogP contribution in [0.15, 0.2) is 42.6 Å². The van der Waals surface area contributed by atoms with Gasteiger partial charge in [-0.25, -0.2) is 4.79 Å². The first-order valence-corrected chi connectivity index (χ1v) is 12.3. The van der Waals surface area contributed by atoms with Crippen LogP contribution in [-0.4, -0.2) is 48.1 Å². The number of fused-ring (bicyclic) bond motifs is 1. The van der Waals surface area contributed by atoms with Crippen LogP contribution in [0.1, 0.15) is 37.0 Å². The van der Waals surface area contributed by atoms with E-state index in [0.29, 0.717) is 45.5 Å². The Morgan fingerprint density at radius 3 is 2.68 bits per heavy atom. The van der Waals surface area contributed by atoms with Crippen LogP contribution >= 0.6 is 11.6 Å². The molecule has 1 aromatic heterocycles. The second-order valence-corrected chi connectivity index (χ2v) is 9.82. The van der Waals surface area contributed by atoms with Gasteiger partial charge in [-0.1, -0.05) is 11.6 Å². The number of carbonyl (C=O) groups is 2. The lowest BCUT2D eigenvalue weighted by atomic mass is 10.1. The largest absolute Gasteiger partial charge is 0.490 e. The third kappa shape index (κ3) is 6.04. The number of halogens is 1. The maximum Gasteiger partial charge on any atom is 0.319 e. The maximum atomic E-state index is 12.2. The van der Waals surface area contributed by atoms with E-state index in [-0.39, 0.29) is 30.3 Å². The molecule has 3 amide bonds. The first-order valence-electron chi connectivity index (χ1n) is 11.9. The van der Waals surface area contributed by atoms with Crippen LogP contribution in [0.25, 0.3) is 10.9 Å². The number of anilines is 1. The van der Waals surface area contributed by atoms with Gasteiger partial charge < -0.3 is 35.3 Å². The summed E-state index contributed by atoms with van der Waals surface area (Å²) in [4.78, 5) is 28.7. The minimum Gasteiger partial charge on any atom is -0.490 e. The monoisotopic (exact) mass is 526 g/mol. The molecule has 1 saturated heterocycles. The Morgan fingerprint density at radius 2 is 2.00 bits per heavy atom. The first-order chi connectivity index (χ1) is 17.7. The van der Waals surface area contributed by atoms with Crippen molar-refractivity contribution >= 4 is 40.1 Å². The molecule has 0 spiro atoms. The van der Waals surface area contributed by atoms with E-state index in [1.165, 1.54) is 0 Å². The molecule has 2 aliphatic rings. The van der Waals surface area contributed by atoms with Gasteiger partial charge in [-0.15, -0.1) is 0 Å². The Bertz CT molecular complexity index is 1360. The highest BCUT2D eigenvalue weighted by molar-refractivity contribution is 6.33. The first kappa shape index (κ1) is 25.1. The summed E-state index contributed by atoms with van der Waals surface area (Å²) in [5, 5.41) is 6.46. The summed E-state index contributed by atoms with van der Waals surface area (Å²) in [6.07, 6.45) is 3.28. The molecule has 37 heavy (non-hydrogen) atoms. The second-order valence-electron chi connectivity index (χ2n) is 9.42. The van der Waals surface area contributed by atoms with E-state index < -0.39 is 11.7 Å². The molecule has 1 atom stereocenters. The van der Waals surface area contributed by atoms with Gasteiger partial charge in [-0.3, -0.25) is 9.78 Å². The fourth-order valence-corrected chi connectivity index (χ4v) is 4.15. The molecule has 2 aromatic carbocycles. The molecule has 1 aliphatic heterocycles. The van der Waals surface area contributed by atoms with Gasteiger partial charge >= 0.3 is 6.03 Å². The van der Waals surface area contributed by atoms with Gasteiger partial charge in [0.05, 0.1) is 28.4 Å². The molecular weight excluding hydrogens is 500 g/mol. The van der Waals surface area contributed by atoms with E-state index in [2.05, 4.69) is 15.6 Å². The van der Waals surface area contributed by atoms with E-state index >= 15 is 0 Å². The third-order valence-corrected chi connectivity index (χ3v) is 6.20. The smallest absolute Gasteiger partial charge is 0.319 e. The van der Waals surface area contributed by atoms with Crippen molar-refractivity contribution in [3.8, 4) is 17.2 Å². The van der Waals surface area contributed by atoms with E-state index in [4.69, 9.17) is 36.3 Å². The number of hydrogen-bond donors (Lipinski definition) is 3. The highest BCUT2D eigenvalue weighted by Gasteiger charge is 2.33. The normalized spacial score (nSPS) is 18.4. The topological polar surface area (TPSA) is 134 Å². The molecule has 2 fully saturated rings. The molecule has 11 heteroatoms.